The second kappa shape index (κ2) is 7.91. The van der Waals surface area contributed by atoms with Crippen LogP contribution in [0, 0.1) is 12.8 Å². The lowest BCUT2D eigenvalue weighted by atomic mass is 10.1. The maximum absolute atomic E-state index is 12.8. The zero-order valence-electron chi connectivity index (χ0n) is 15.6. The number of imide groups is 2. The number of carbonyl (C=O) groups is 3. The van der Waals surface area contributed by atoms with E-state index in [1.165, 1.54) is 20.4 Å². The topological polar surface area (TPSA) is 97.3 Å². The number of methoxy groups -OCH3 is 2. The Morgan fingerprint density at radius 3 is 2.39 bits per heavy atom. The van der Waals surface area contributed by atoms with E-state index in [1.807, 2.05) is 6.92 Å². The molecule has 1 aliphatic heterocycles. The fraction of sp³-hybridized carbons (Fsp3) is 0.200. The molecule has 1 saturated heterocycles. The van der Waals surface area contributed by atoms with E-state index in [-0.39, 0.29) is 0 Å². The first-order valence-corrected chi connectivity index (χ1v) is 8.46. The highest BCUT2D eigenvalue weighted by atomic mass is 16.5. The number of benzene rings is 2. The number of ether oxygens (including phenoxy) is 2. The predicted molar refractivity (Wildman–Crippen MR) is 103 cm³/mol. The zero-order valence-corrected chi connectivity index (χ0v) is 15.6. The minimum Gasteiger partial charge on any atom is -0.497 e. The van der Waals surface area contributed by atoms with Crippen molar-refractivity contribution in [1.82, 2.24) is 5.32 Å². The third-order valence-electron chi connectivity index (χ3n) is 4.24. The lowest BCUT2D eigenvalue weighted by Gasteiger charge is -2.28. The monoisotopic (exact) mass is 381 g/mol. The van der Waals surface area contributed by atoms with Gasteiger partial charge in [0.1, 0.15) is 17.2 Å². The Morgan fingerprint density at radius 2 is 1.75 bits per heavy atom. The van der Waals surface area contributed by atoms with Crippen LogP contribution in [-0.2, 0) is 9.59 Å². The van der Waals surface area contributed by atoms with Crippen LogP contribution in [0.15, 0.2) is 47.5 Å². The van der Waals surface area contributed by atoms with Crippen LogP contribution < -0.4 is 19.7 Å². The van der Waals surface area contributed by atoms with Gasteiger partial charge in [-0.15, -0.1) is 0 Å². The number of anilines is 1. The summed E-state index contributed by atoms with van der Waals surface area (Å²) < 4.78 is 10.4. The quantitative estimate of drug-likeness (QED) is 0.634. The first-order valence-electron chi connectivity index (χ1n) is 8.46. The summed E-state index contributed by atoms with van der Waals surface area (Å²) >= 11 is 0. The lowest BCUT2D eigenvalue weighted by molar-refractivity contribution is -0.131. The predicted octanol–water partition coefficient (Wildman–Crippen LogP) is 2.61. The van der Waals surface area contributed by atoms with Gasteiger partial charge >= 0.3 is 6.03 Å². The van der Waals surface area contributed by atoms with Gasteiger partial charge in [0.25, 0.3) is 5.91 Å². The van der Waals surface area contributed by atoms with Crippen molar-refractivity contribution in [2.75, 3.05) is 19.1 Å². The normalized spacial score (nSPS) is 17.0. The van der Waals surface area contributed by atoms with Crippen molar-refractivity contribution in [3.63, 3.8) is 0 Å². The molecule has 1 atom stereocenters. The third-order valence-corrected chi connectivity index (χ3v) is 4.24. The van der Waals surface area contributed by atoms with Gasteiger partial charge in [0.15, 0.2) is 5.92 Å². The molecule has 144 valence electrons. The zero-order chi connectivity index (χ0) is 20.3. The number of aryl methyl sites for hydroxylation is 1. The van der Waals surface area contributed by atoms with Crippen LogP contribution in [-0.4, -0.2) is 38.3 Å². The number of barbiturate groups is 1. The Morgan fingerprint density at radius 1 is 1.04 bits per heavy atom. The highest BCUT2D eigenvalue weighted by Crippen LogP contribution is 2.31. The summed E-state index contributed by atoms with van der Waals surface area (Å²) in [5, 5.41) is 2.19. The van der Waals surface area contributed by atoms with E-state index in [0.717, 1.165) is 10.5 Å². The summed E-state index contributed by atoms with van der Waals surface area (Å²) in [6.45, 7) is 1.89. The molecule has 0 saturated carbocycles. The number of nitrogens with one attached hydrogen (secondary N) is 1. The van der Waals surface area contributed by atoms with Crippen LogP contribution in [0.4, 0.5) is 16.2 Å². The number of carbonyl (C=O) groups excluding carboxylic acids is 3. The van der Waals surface area contributed by atoms with Gasteiger partial charge in [0, 0.05) is 12.3 Å². The van der Waals surface area contributed by atoms with Crippen LogP contribution in [0.5, 0.6) is 11.5 Å². The van der Waals surface area contributed by atoms with Gasteiger partial charge in [0.2, 0.25) is 5.91 Å². The molecule has 0 spiro atoms. The Hall–Kier alpha value is -3.68. The van der Waals surface area contributed by atoms with E-state index in [2.05, 4.69) is 10.3 Å². The Labute approximate surface area is 161 Å². The Kier molecular flexibility index (Phi) is 5.39. The number of nitrogens with zero attached hydrogens (tertiary/aromatic N) is 2. The summed E-state index contributed by atoms with van der Waals surface area (Å²) in [7, 11) is 3.00. The molecule has 2 aromatic rings. The largest absolute Gasteiger partial charge is 0.497 e. The van der Waals surface area contributed by atoms with E-state index in [1.54, 1.807) is 42.5 Å². The summed E-state index contributed by atoms with van der Waals surface area (Å²) in [4.78, 5) is 42.4. The Bertz CT molecular complexity index is 953. The van der Waals surface area contributed by atoms with E-state index in [9.17, 15) is 14.4 Å². The van der Waals surface area contributed by atoms with Crippen LogP contribution in [0.3, 0.4) is 0 Å². The summed E-state index contributed by atoms with van der Waals surface area (Å²) in [6, 6.07) is 11.0. The second-order valence-electron chi connectivity index (χ2n) is 6.10. The molecule has 1 heterocycles. The van der Waals surface area contributed by atoms with E-state index >= 15 is 0 Å². The number of hydrogen-bond acceptors (Lipinski definition) is 6. The Balaban J connectivity index is 1.92. The summed E-state index contributed by atoms with van der Waals surface area (Å²) in [6.07, 6.45) is 1.20. The summed E-state index contributed by atoms with van der Waals surface area (Å²) in [5.74, 6) is -1.67. The molecule has 1 aliphatic rings. The molecule has 0 radical (unpaired) electrons. The van der Waals surface area contributed by atoms with Gasteiger partial charge in [-0.1, -0.05) is 17.7 Å². The summed E-state index contributed by atoms with van der Waals surface area (Å²) in [5.41, 5.74) is 1.74. The molecule has 0 bridgehead atoms. The third kappa shape index (κ3) is 3.71. The van der Waals surface area contributed by atoms with Gasteiger partial charge in [-0.25, -0.2) is 9.69 Å². The van der Waals surface area contributed by atoms with Gasteiger partial charge in [-0.05, 0) is 31.2 Å². The minimum atomic E-state index is -1.25. The fourth-order valence-corrected chi connectivity index (χ4v) is 2.71. The SMILES string of the molecule is COc1ccc(OC)c(N=C[C@H]2C(=O)NC(=O)N(c3ccc(C)cc3)C2=O)c1. The molecule has 8 heteroatoms. The molecule has 28 heavy (non-hydrogen) atoms. The van der Waals surface area contributed by atoms with Gasteiger partial charge < -0.3 is 9.47 Å². The molecule has 0 aromatic heterocycles. The molecule has 0 aliphatic carbocycles. The fourth-order valence-electron chi connectivity index (χ4n) is 2.71. The van der Waals surface area contributed by atoms with Crippen LogP contribution >= 0.6 is 0 Å². The molecular formula is C20H19N3O5. The van der Waals surface area contributed by atoms with Crippen molar-refractivity contribution in [2.45, 2.75) is 6.92 Å². The highest BCUT2D eigenvalue weighted by molar-refractivity contribution is 6.32. The number of aliphatic imine (C=N–C) groups is 1. The van der Waals surface area contributed by atoms with Crippen LogP contribution in [0.25, 0.3) is 0 Å². The highest BCUT2D eigenvalue weighted by Gasteiger charge is 2.40. The second-order valence-corrected chi connectivity index (χ2v) is 6.10. The molecule has 4 amide bonds. The first kappa shape index (κ1) is 19.1. The first-order chi connectivity index (χ1) is 13.4. The van der Waals surface area contributed by atoms with Gasteiger partial charge in [-0.3, -0.25) is 19.9 Å². The number of rotatable bonds is 5. The average molecular weight is 381 g/mol. The number of hydrogen-bond donors (Lipinski definition) is 1. The van der Waals surface area contributed by atoms with E-state index in [0.29, 0.717) is 22.9 Å². The van der Waals surface area contributed by atoms with Gasteiger partial charge in [0.05, 0.1) is 19.9 Å². The van der Waals surface area contributed by atoms with Crippen molar-refractivity contribution in [2.24, 2.45) is 10.9 Å². The average Bonchev–Trinajstić information content (AvgIpc) is 2.68. The van der Waals surface area contributed by atoms with E-state index < -0.39 is 23.8 Å². The van der Waals surface area contributed by atoms with Crippen molar-refractivity contribution in [3.8, 4) is 11.5 Å². The van der Waals surface area contributed by atoms with Crippen LogP contribution in [0.1, 0.15) is 5.56 Å². The lowest BCUT2D eigenvalue weighted by Crippen LogP contribution is -2.58. The smallest absolute Gasteiger partial charge is 0.335 e. The minimum absolute atomic E-state index is 0.373. The molecular weight excluding hydrogens is 362 g/mol. The van der Waals surface area contributed by atoms with Gasteiger partial charge in [-0.2, -0.15) is 0 Å². The number of amides is 4. The molecule has 3 rings (SSSR count). The van der Waals surface area contributed by atoms with Crippen molar-refractivity contribution in [1.29, 1.82) is 0 Å². The molecule has 0 unspecified atom stereocenters. The maximum Gasteiger partial charge on any atom is 0.335 e. The van der Waals surface area contributed by atoms with Crippen molar-refractivity contribution < 1.29 is 23.9 Å². The van der Waals surface area contributed by atoms with Crippen molar-refractivity contribution in [3.05, 3.63) is 48.0 Å². The maximum atomic E-state index is 12.8. The number of urea groups is 1. The van der Waals surface area contributed by atoms with Crippen molar-refractivity contribution >= 4 is 35.4 Å². The molecule has 1 fully saturated rings. The standard InChI is InChI=1S/C20H19N3O5/c1-12-4-6-13(7-5-12)23-19(25)15(18(24)22-20(23)26)11-21-16-10-14(27-2)8-9-17(16)28-3/h4-11,15H,1-3H3,(H,22,24,26)/t15-/m0/s1. The van der Waals surface area contributed by atoms with Crippen LogP contribution in [0.2, 0.25) is 0 Å². The molecule has 1 N–H and O–H groups in total. The van der Waals surface area contributed by atoms with E-state index in [4.69, 9.17) is 9.47 Å². The molecule has 8 nitrogen and oxygen atoms in total. The molecule has 2 aromatic carbocycles.